The Kier molecular flexibility index (Phi) is 5.69. The second kappa shape index (κ2) is 7.51. The molecule has 1 amide bonds. The summed E-state index contributed by atoms with van der Waals surface area (Å²) in [6, 6.07) is 12.3. The molecule has 116 valence electrons. The number of para-hydroxylation sites is 2. The number of methoxy groups -OCH3 is 1. The highest BCUT2D eigenvalue weighted by Gasteiger charge is 2.17. The number of carbonyl (C=O) groups is 1. The van der Waals surface area contributed by atoms with E-state index in [1.807, 2.05) is 12.1 Å². The van der Waals surface area contributed by atoms with Crippen LogP contribution in [0.3, 0.4) is 0 Å². The van der Waals surface area contributed by atoms with Gasteiger partial charge >= 0.3 is 0 Å². The van der Waals surface area contributed by atoms with Crippen LogP contribution < -0.4 is 14.8 Å². The highest BCUT2D eigenvalue weighted by molar-refractivity contribution is 9.10. The molecular weight excluding hydrogens is 370 g/mol. The van der Waals surface area contributed by atoms with Crippen LogP contribution in [0, 0.1) is 0 Å². The fraction of sp³-hybridized carbons (Fsp3) is 0.188. The van der Waals surface area contributed by atoms with Crippen LogP contribution in [0.4, 0.5) is 5.69 Å². The summed E-state index contributed by atoms with van der Waals surface area (Å²) >= 11 is 9.23. The van der Waals surface area contributed by atoms with Crippen LogP contribution in [0.25, 0.3) is 0 Å². The van der Waals surface area contributed by atoms with Gasteiger partial charge in [0, 0.05) is 5.02 Å². The summed E-state index contributed by atoms with van der Waals surface area (Å²) in [5, 5.41) is 3.37. The molecule has 0 saturated carbocycles. The Morgan fingerprint density at radius 3 is 2.64 bits per heavy atom. The first kappa shape index (κ1) is 16.6. The standard InChI is InChI=1S/C16H15BrClNO3/c1-10(22-14-8-7-11(18)9-12(14)17)16(20)19-13-5-3-4-6-15(13)21-2/h3-10H,1-2H3,(H,19,20)/t10-/m0/s1. The van der Waals surface area contributed by atoms with Gasteiger partial charge in [0.2, 0.25) is 0 Å². The predicted octanol–water partition coefficient (Wildman–Crippen LogP) is 4.52. The molecule has 22 heavy (non-hydrogen) atoms. The lowest BCUT2D eigenvalue weighted by Gasteiger charge is -2.17. The maximum Gasteiger partial charge on any atom is 0.265 e. The van der Waals surface area contributed by atoms with Crippen molar-refractivity contribution in [3.63, 3.8) is 0 Å². The molecule has 0 bridgehead atoms. The summed E-state index contributed by atoms with van der Waals surface area (Å²) in [7, 11) is 1.55. The van der Waals surface area contributed by atoms with Gasteiger partial charge in [-0.25, -0.2) is 0 Å². The topological polar surface area (TPSA) is 47.6 Å². The van der Waals surface area contributed by atoms with Crippen LogP contribution in [-0.4, -0.2) is 19.1 Å². The minimum Gasteiger partial charge on any atom is -0.495 e. The van der Waals surface area contributed by atoms with Crippen molar-refractivity contribution in [3.8, 4) is 11.5 Å². The first-order valence-electron chi connectivity index (χ1n) is 6.57. The monoisotopic (exact) mass is 383 g/mol. The fourth-order valence-electron chi connectivity index (χ4n) is 1.80. The molecule has 0 radical (unpaired) electrons. The van der Waals surface area contributed by atoms with E-state index >= 15 is 0 Å². The van der Waals surface area contributed by atoms with E-state index in [1.54, 1.807) is 44.4 Å². The number of anilines is 1. The summed E-state index contributed by atoms with van der Waals surface area (Å²) < 4.78 is 11.5. The van der Waals surface area contributed by atoms with Crippen molar-refractivity contribution >= 4 is 39.1 Å². The van der Waals surface area contributed by atoms with Crippen LogP contribution in [-0.2, 0) is 4.79 Å². The molecule has 0 aliphatic carbocycles. The third-order valence-corrected chi connectivity index (χ3v) is 3.79. The lowest BCUT2D eigenvalue weighted by molar-refractivity contribution is -0.122. The van der Waals surface area contributed by atoms with Gasteiger partial charge in [-0.3, -0.25) is 4.79 Å². The van der Waals surface area contributed by atoms with Gasteiger partial charge in [0.25, 0.3) is 5.91 Å². The number of benzene rings is 2. The quantitative estimate of drug-likeness (QED) is 0.824. The minimum absolute atomic E-state index is 0.272. The number of carbonyl (C=O) groups excluding carboxylic acids is 1. The molecule has 4 nitrogen and oxygen atoms in total. The number of hydrogen-bond acceptors (Lipinski definition) is 3. The number of ether oxygens (including phenoxy) is 2. The molecule has 0 saturated heterocycles. The molecule has 6 heteroatoms. The molecule has 2 aromatic rings. The zero-order valence-electron chi connectivity index (χ0n) is 12.1. The third-order valence-electron chi connectivity index (χ3n) is 2.93. The van der Waals surface area contributed by atoms with Crippen LogP contribution in [0.5, 0.6) is 11.5 Å². The van der Waals surface area contributed by atoms with E-state index in [1.165, 1.54) is 0 Å². The van der Waals surface area contributed by atoms with Crippen molar-refractivity contribution in [1.29, 1.82) is 0 Å². The fourth-order valence-corrected chi connectivity index (χ4v) is 2.57. The number of amides is 1. The average molecular weight is 385 g/mol. The van der Waals surface area contributed by atoms with Crippen molar-refractivity contribution in [2.75, 3.05) is 12.4 Å². The molecule has 1 N–H and O–H groups in total. The van der Waals surface area contributed by atoms with Crippen LogP contribution in [0.15, 0.2) is 46.9 Å². The summed E-state index contributed by atoms with van der Waals surface area (Å²) in [6.07, 6.45) is -0.678. The van der Waals surface area contributed by atoms with Crippen molar-refractivity contribution in [2.45, 2.75) is 13.0 Å². The molecule has 0 aromatic heterocycles. The second-order valence-corrected chi connectivity index (χ2v) is 5.82. The maximum atomic E-state index is 12.2. The van der Waals surface area contributed by atoms with Crippen LogP contribution >= 0.6 is 27.5 Å². The Labute approximate surface area is 142 Å². The molecule has 0 aliphatic rings. The second-order valence-electron chi connectivity index (χ2n) is 4.52. The smallest absolute Gasteiger partial charge is 0.265 e. The molecular formula is C16H15BrClNO3. The number of halogens is 2. The molecule has 2 aromatic carbocycles. The van der Waals surface area contributed by atoms with Crippen molar-refractivity contribution in [1.82, 2.24) is 0 Å². The molecule has 0 heterocycles. The van der Waals surface area contributed by atoms with E-state index in [0.717, 1.165) is 0 Å². The summed E-state index contributed by atoms with van der Waals surface area (Å²) in [5.41, 5.74) is 0.598. The van der Waals surface area contributed by atoms with E-state index in [0.29, 0.717) is 26.7 Å². The van der Waals surface area contributed by atoms with E-state index in [-0.39, 0.29) is 5.91 Å². The Morgan fingerprint density at radius 1 is 1.23 bits per heavy atom. The van der Waals surface area contributed by atoms with Crippen LogP contribution in [0.1, 0.15) is 6.92 Å². The van der Waals surface area contributed by atoms with Gasteiger partial charge in [-0.15, -0.1) is 0 Å². The van der Waals surface area contributed by atoms with Crippen molar-refractivity contribution < 1.29 is 14.3 Å². The van der Waals surface area contributed by atoms with E-state index in [4.69, 9.17) is 21.1 Å². The van der Waals surface area contributed by atoms with E-state index in [2.05, 4.69) is 21.2 Å². The SMILES string of the molecule is COc1ccccc1NC(=O)[C@H](C)Oc1ccc(Cl)cc1Br. The molecule has 0 spiro atoms. The number of rotatable bonds is 5. The zero-order valence-corrected chi connectivity index (χ0v) is 14.4. The van der Waals surface area contributed by atoms with E-state index in [9.17, 15) is 4.79 Å². The van der Waals surface area contributed by atoms with Gasteiger partial charge in [0.05, 0.1) is 17.3 Å². The maximum absolute atomic E-state index is 12.2. The number of nitrogens with one attached hydrogen (secondary N) is 1. The molecule has 2 rings (SSSR count). The van der Waals surface area contributed by atoms with Crippen LogP contribution in [0.2, 0.25) is 5.02 Å². The predicted molar refractivity (Wildman–Crippen MR) is 90.9 cm³/mol. The minimum atomic E-state index is -0.678. The Morgan fingerprint density at radius 2 is 1.95 bits per heavy atom. The van der Waals surface area contributed by atoms with Gasteiger partial charge in [-0.1, -0.05) is 23.7 Å². The summed E-state index contributed by atoms with van der Waals surface area (Å²) in [5.74, 6) is 0.870. The van der Waals surface area contributed by atoms with Gasteiger partial charge in [-0.2, -0.15) is 0 Å². The lowest BCUT2D eigenvalue weighted by atomic mass is 10.2. The summed E-state index contributed by atoms with van der Waals surface area (Å²) in [6.45, 7) is 1.67. The first-order valence-corrected chi connectivity index (χ1v) is 7.74. The van der Waals surface area contributed by atoms with Gasteiger partial charge < -0.3 is 14.8 Å². The first-order chi connectivity index (χ1) is 10.5. The van der Waals surface area contributed by atoms with Crippen molar-refractivity contribution in [2.24, 2.45) is 0 Å². The summed E-state index contributed by atoms with van der Waals surface area (Å²) in [4.78, 5) is 12.2. The highest BCUT2D eigenvalue weighted by Crippen LogP contribution is 2.29. The highest BCUT2D eigenvalue weighted by atomic mass is 79.9. The van der Waals surface area contributed by atoms with Crippen molar-refractivity contribution in [3.05, 3.63) is 52.0 Å². The molecule has 0 unspecified atom stereocenters. The van der Waals surface area contributed by atoms with Gasteiger partial charge in [0.15, 0.2) is 6.10 Å². The van der Waals surface area contributed by atoms with Gasteiger partial charge in [0.1, 0.15) is 11.5 Å². The lowest BCUT2D eigenvalue weighted by Crippen LogP contribution is -2.30. The Hall–Kier alpha value is -1.72. The normalized spacial score (nSPS) is 11.6. The zero-order chi connectivity index (χ0) is 16.1. The van der Waals surface area contributed by atoms with Gasteiger partial charge in [-0.05, 0) is 53.2 Å². The molecule has 1 atom stereocenters. The number of hydrogen-bond donors (Lipinski definition) is 1. The molecule has 0 aliphatic heterocycles. The average Bonchev–Trinajstić information content (AvgIpc) is 2.50. The largest absolute Gasteiger partial charge is 0.495 e. The molecule has 0 fully saturated rings. The third kappa shape index (κ3) is 4.15. The Bertz CT molecular complexity index is 678. The Balaban J connectivity index is 2.06. The van der Waals surface area contributed by atoms with E-state index < -0.39 is 6.10 Å².